The van der Waals surface area contributed by atoms with E-state index >= 15 is 0 Å². The van der Waals surface area contributed by atoms with Crippen LogP contribution in [0.15, 0.2) is 0 Å². The second-order valence-corrected chi connectivity index (χ2v) is 1.83. The van der Waals surface area contributed by atoms with Gasteiger partial charge in [0.2, 0.25) is 0 Å². The van der Waals surface area contributed by atoms with Gasteiger partial charge >= 0.3 is 0 Å². The van der Waals surface area contributed by atoms with Crippen molar-refractivity contribution in [2.24, 2.45) is 0 Å². The first-order valence-corrected chi connectivity index (χ1v) is 4.28. The van der Waals surface area contributed by atoms with E-state index in [-0.39, 0.29) is 13.2 Å². The maximum Gasteiger partial charge on any atom is 0.276 e. The highest BCUT2D eigenvalue weighted by Crippen LogP contribution is 1.79. The molecule has 0 aromatic heterocycles. The van der Waals surface area contributed by atoms with Gasteiger partial charge in [-0.3, -0.25) is 0 Å². The third-order valence-electron chi connectivity index (χ3n) is 0.316. The summed E-state index contributed by atoms with van der Waals surface area (Å²) in [4.78, 5) is 17.0. The Morgan fingerprint density at radius 3 is 1.17 bits per heavy atom. The Balaban J connectivity index is -0.000000101. The summed E-state index contributed by atoms with van der Waals surface area (Å²) < 4.78 is 8.48. The van der Waals surface area contributed by atoms with Crippen LogP contribution in [0.25, 0.3) is 0 Å². The Labute approximate surface area is 71.6 Å². The van der Waals surface area contributed by atoms with Crippen molar-refractivity contribution < 1.29 is 36.0 Å². The molecule has 0 heterocycles. The summed E-state index contributed by atoms with van der Waals surface area (Å²) >= 11 is 0. The number of quaternary nitrogens is 2. The fraction of sp³-hybridized carbons (Fsp3) is 1.00. The van der Waals surface area contributed by atoms with E-state index in [1.807, 2.05) is 0 Å². The van der Waals surface area contributed by atoms with Crippen LogP contribution in [0.3, 0.4) is 0 Å². The zero-order valence-corrected chi connectivity index (χ0v) is 7.70. The lowest BCUT2D eigenvalue weighted by Gasteiger charge is -1.75. The van der Waals surface area contributed by atoms with Crippen molar-refractivity contribution in [1.29, 1.82) is 0 Å². The maximum atomic E-state index is 8.48. The number of aliphatic hydroxyl groups excluding tert-OH is 2. The maximum absolute atomic E-state index is 8.48. The van der Waals surface area contributed by atoms with E-state index in [1.165, 1.54) is 0 Å². The average molecular weight is 203 g/mol. The van der Waals surface area contributed by atoms with E-state index in [4.69, 9.17) is 24.6 Å². The number of rotatable bonds is 2. The lowest BCUT2D eigenvalue weighted by molar-refractivity contribution is -0.372. The second-order valence-electron chi connectivity index (χ2n) is 1.38. The molecule has 0 atom stereocenters. The van der Waals surface area contributed by atoms with E-state index in [0.717, 1.165) is 0 Å². The molecule has 76 valence electrons. The molecule has 7 nitrogen and oxygen atoms in total. The largest absolute Gasteiger partial charge is 0.598 e. The monoisotopic (exact) mass is 203 g/mol. The van der Waals surface area contributed by atoms with Crippen molar-refractivity contribution in [3.8, 4) is 0 Å². The molecule has 8 heteroatoms. The second kappa shape index (κ2) is 22.4. The van der Waals surface area contributed by atoms with Crippen LogP contribution in [-0.4, -0.2) is 36.5 Å². The van der Waals surface area contributed by atoms with Crippen molar-refractivity contribution >= 4 is 8.25 Å². The van der Waals surface area contributed by atoms with Gasteiger partial charge in [-0.25, -0.2) is 0 Å². The zero-order chi connectivity index (χ0) is 10.4. The Morgan fingerprint density at radius 1 is 1.08 bits per heavy atom. The molecule has 0 unspecified atom stereocenters. The Morgan fingerprint density at radius 2 is 1.17 bits per heavy atom. The minimum Gasteiger partial charge on any atom is -0.598 e. The molecule has 0 saturated carbocycles. The van der Waals surface area contributed by atoms with Gasteiger partial charge in [0, 0.05) is 0 Å². The van der Waals surface area contributed by atoms with Crippen LogP contribution in [0.2, 0.25) is 0 Å². The standard InChI is InChI=1S/2C2H7NO.HO3P/c2*3-1-2-4;1-4(2)3/h2*4H,1-3H2;(H,1,2,3)/p+1. The molecule has 8 N–H and O–H groups in total. The summed E-state index contributed by atoms with van der Waals surface area (Å²) in [6, 6.07) is 0. The molecule has 0 spiro atoms. The zero-order valence-electron chi connectivity index (χ0n) is 6.81. The minimum atomic E-state index is -3.37. The van der Waals surface area contributed by atoms with Gasteiger partial charge < -0.3 is 31.5 Å². The Bertz CT molecular complexity index is 71.8. The van der Waals surface area contributed by atoms with Gasteiger partial charge in [-0.15, -0.1) is 0 Å². The van der Waals surface area contributed by atoms with Crippen LogP contribution in [-0.2, 0) is 4.57 Å². The SMILES string of the molecule is O=[P+]([O-])[O-].[NH3+]CCO.[NH3+]CCO. The predicted molar refractivity (Wildman–Crippen MR) is 37.3 cm³/mol. The third-order valence-corrected chi connectivity index (χ3v) is 0.316. The molecule has 0 saturated heterocycles. The summed E-state index contributed by atoms with van der Waals surface area (Å²) in [5.41, 5.74) is 6.71. The van der Waals surface area contributed by atoms with E-state index in [2.05, 4.69) is 11.5 Å². The molecule has 0 aliphatic rings. The molecule has 12 heavy (non-hydrogen) atoms. The number of aliphatic hydroxyl groups is 2. The molecule has 0 aliphatic carbocycles. The van der Waals surface area contributed by atoms with Crippen LogP contribution in [0.4, 0.5) is 0 Å². The van der Waals surface area contributed by atoms with Crippen molar-refractivity contribution in [3.63, 3.8) is 0 Å². The lowest BCUT2D eigenvalue weighted by Crippen LogP contribution is -2.51. The number of hydrogen-bond acceptors (Lipinski definition) is 5. The quantitative estimate of drug-likeness (QED) is 0.329. The van der Waals surface area contributed by atoms with Crippen LogP contribution < -0.4 is 21.3 Å². The first-order chi connectivity index (χ1) is 5.56. The highest BCUT2D eigenvalue weighted by atomic mass is 31.1. The predicted octanol–water partition coefficient (Wildman–Crippen LogP) is -5.19. The molecule has 0 rings (SSSR count). The summed E-state index contributed by atoms with van der Waals surface area (Å²) in [7, 11) is -3.37. The van der Waals surface area contributed by atoms with Gasteiger partial charge in [-0.2, -0.15) is 0 Å². The third kappa shape index (κ3) is 224. The molecule has 0 aromatic carbocycles. The summed E-state index contributed by atoms with van der Waals surface area (Å²) in [6.45, 7) is 1.67. The van der Waals surface area contributed by atoms with Gasteiger partial charge in [0.05, 0.1) is 26.3 Å². The summed E-state index contributed by atoms with van der Waals surface area (Å²) in [6.07, 6.45) is 0. The number of hydrogen-bond donors (Lipinski definition) is 4. The molecule has 0 aromatic rings. The van der Waals surface area contributed by atoms with Crippen LogP contribution in [0, 0.1) is 0 Å². The minimum absolute atomic E-state index is 0.208. The van der Waals surface area contributed by atoms with Gasteiger partial charge in [-0.05, 0) is 0 Å². The average Bonchev–Trinajstić information content (AvgIpc) is 2.03. The molecule has 0 fully saturated rings. The van der Waals surface area contributed by atoms with E-state index in [9.17, 15) is 0 Å². The van der Waals surface area contributed by atoms with Crippen molar-refractivity contribution in [1.82, 2.24) is 0 Å². The fourth-order valence-electron chi connectivity index (χ4n) is 0. The van der Waals surface area contributed by atoms with Gasteiger partial charge in [0.25, 0.3) is 8.25 Å². The highest BCUT2D eigenvalue weighted by molar-refractivity contribution is 7.27. The highest BCUT2D eigenvalue weighted by Gasteiger charge is 1.61. The molecular weight excluding hydrogens is 187 g/mol. The topological polar surface area (TPSA) is 159 Å². The van der Waals surface area contributed by atoms with Crippen LogP contribution in [0.5, 0.6) is 0 Å². The Kier molecular flexibility index (Phi) is 33.3. The summed E-state index contributed by atoms with van der Waals surface area (Å²) in [5, 5.41) is 15.6. The molecular formula is C4H16N2O5P+. The van der Waals surface area contributed by atoms with E-state index in [1.54, 1.807) is 0 Å². The fourth-order valence-corrected chi connectivity index (χ4v) is 0. The first-order valence-electron chi connectivity index (χ1n) is 3.18. The lowest BCUT2D eigenvalue weighted by atomic mass is 10.8. The van der Waals surface area contributed by atoms with Crippen molar-refractivity contribution in [2.75, 3.05) is 26.3 Å². The molecule has 0 amide bonds. The van der Waals surface area contributed by atoms with E-state index < -0.39 is 8.25 Å². The Hall–Kier alpha value is -0.140. The first kappa shape index (κ1) is 17.8. The van der Waals surface area contributed by atoms with Crippen molar-refractivity contribution in [3.05, 3.63) is 0 Å². The van der Waals surface area contributed by atoms with Gasteiger partial charge in [-0.1, -0.05) is 4.57 Å². The van der Waals surface area contributed by atoms with Crippen molar-refractivity contribution in [2.45, 2.75) is 0 Å². The molecule has 0 bridgehead atoms. The normalized spacial score (nSPS) is 7.17. The molecule has 0 radical (unpaired) electrons. The van der Waals surface area contributed by atoms with Crippen LogP contribution in [0.1, 0.15) is 0 Å². The summed E-state index contributed by atoms with van der Waals surface area (Å²) in [5.74, 6) is 0. The van der Waals surface area contributed by atoms with Gasteiger partial charge in [0.15, 0.2) is 0 Å². The molecule has 0 aliphatic heterocycles. The van der Waals surface area contributed by atoms with Crippen LogP contribution >= 0.6 is 8.25 Å². The van der Waals surface area contributed by atoms with E-state index in [0.29, 0.717) is 13.1 Å². The smallest absolute Gasteiger partial charge is 0.276 e. The van der Waals surface area contributed by atoms with Gasteiger partial charge in [0.1, 0.15) is 0 Å².